The van der Waals surface area contributed by atoms with Crippen LogP contribution in [-0.4, -0.2) is 46.0 Å². The lowest BCUT2D eigenvalue weighted by Crippen LogP contribution is -2.35. The first-order chi connectivity index (χ1) is 11.1. The van der Waals surface area contributed by atoms with Crippen molar-refractivity contribution in [2.45, 2.75) is 31.6 Å². The lowest BCUT2D eigenvalue weighted by atomic mass is 10.1. The van der Waals surface area contributed by atoms with Gasteiger partial charge in [0.25, 0.3) is 0 Å². The van der Waals surface area contributed by atoms with E-state index in [1.807, 2.05) is 6.07 Å². The zero-order valence-corrected chi connectivity index (χ0v) is 15.0. The SMILES string of the molecule is COc1ccc(CNC(=O)[C@@H]2CC[C@H](CN)O2)c(OC)c1OC.Cl. The van der Waals surface area contributed by atoms with Gasteiger partial charge in [0, 0.05) is 18.7 Å². The number of hydrogen-bond acceptors (Lipinski definition) is 6. The Hall–Kier alpha value is -1.70. The molecule has 3 N–H and O–H groups in total. The molecule has 136 valence electrons. The lowest BCUT2D eigenvalue weighted by molar-refractivity contribution is -0.132. The van der Waals surface area contributed by atoms with Crippen LogP contribution in [0.25, 0.3) is 0 Å². The van der Waals surface area contributed by atoms with Crippen molar-refractivity contribution in [2.24, 2.45) is 5.73 Å². The molecule has 8 heteroatoms. The highest BCUT2D eigenvalue weighted by molar-refractivity contribution is 5.85. The van der Waals surface area contributed by atoms with Gasteiger partial charge < -0.3 is 30.0 Å². The average molecular weight is 361 g/mol. The number of carbonyl (C=O) groups excluding carboxylic acids is 1. The second kappa shape index (κ2) is 9.56. The predicted octanol–water partition coefficient (Wildman–Crippen LogP) is 1.26. The highest BCUT2D eigenvalue weighted by Gasteiger charge is 2.29. The molecule has 0 aromatic heterocycles. The molecule has 0 spiro atoms. The van der Waals surface area contributed by atoms with Gasteiger partial charge in [0.2, 0.25) is 11.7 Å². The van der Waals surface area contributed by atoms with Crippen LogP contribution in [0.5, 0.6) is 17.2 Å². The molecular weight excluding hydrogens is 336 g/mol. The molecule has 0 unspecified atom stereocenters. The normalized spacial score (nSPS) is 19.3. The van der Waals surface area contributed by atoms with E-state index in [-0.39, 0.29) is 24.4 Å². The van der Waals surface area contributed by atoms with Gasteiger partial charge >= 0.3 is 0 Å². The van der Waals surface area contributed by atoms with Gasteiger partial charge in [0.15, 0.2) is 11.5 Å². The fraction of sp³-hybridized carbons (Fsp3) is 0.562. The predicted molar refractivity (Wildman–Crippen MR) is 92.1 cm³/mol. The fourth-order valence-corrected chi connectivity index (χ4v) is 2.67. The first kappa shape index (κ1) is 20.3. The largest absolute Gasteiger partial charge is 0.493 e. The number of carbonyl (C=O) groups is 1. The number of nitrogens with two attached hydrogens (primary N) is 1. The highest BCUT2D eigenvalue weighted by Crippen LogP contribution is 2.39. The molecule has 1 aromatic carbocycles. The molecule has 24 heavy (non-hydrogen) atoms. The summed E-state index contributed by atoms with van der Waals surface area (Å²) in [6, 6.07) is 3.61. The van der Waals surface area contributed by atoms with E-state index in [0.717, 1.165) is 12.0 Å². The van der Waals surface area contributed by atoms with Crippen molar-refractivity contribution in [3.05, 3.63) is 17.7 Å². The minimum absolute atomic E-state index is 0. The topological polar surface area (TPSA) is 92.0 Å². The first-order valence-electron chi connectivity index (χ1n) is 7.55. The number of halogens is 1. The molecule has 1 fully saturated rings. The summed E-state index contributed by atoms with van der Waals surface area (Å²) >= 11 is 0. The van der Waals surface area contributed by atoms with Crippen LogP contribution in [0.1, 0.15) is 18.4 Å². The number of methoxy groups -OCH3 is 3. The molecule has 1 aromatic rings. The number of amides is 1. The number of benzene rings is 1. The number of hydrogen-bond donors (Lipinski definition) is 2. The molecule has 0 bridgehead atoms. The van der Waals surface area contributed by atoms with E-state index < -0.39 is 6.10 Å². The Morgan fingerprint density at radius 3 is 2.46 bits per heavy atom. The zero-order chi connectivity index (χ0) is 16.8. The summed E-state index contributed by atoms with van der Waals surface area (Å²) < 4.78 is 21.6. The smallest absolute Gasteiger partial charge is 0.249 e. The quantitative estimate of drug-likeness (QED) is 0.760. The van der Waals surface area contributed by atoms with Gasteiger partial charge in [0.1, 0.15) is 6.10 Å². The summed E-state index contributed by atoms with van der Waals surface area (Å²) in [5, 5.41) is 2.87. The molecular formula is C16H25ClN2O5. The minimum atomic E-state index is -0.435. The summed E-state index contributed by atoms with van der Waals surface area (Å²) in [5.74, 6) is 1.48. The van der Waals surface area contributed by atoms with Crippen LogP contribution >= 0.6 is 12.4 Å². The van der Waals surface area contributed by atoms with Gasteiger partial charge in [-0.2, -0.15) is 0 Å². The van der Waals surface area contributed by atoms with E-state index in [4.69, 9.17) is 24.7 Å². The van der Waals surface area contributed by atoms with Crippen molar-refractivity contribution >= 4 is 18.3 Å². The van der Waals surface area contributed by atoms with Crippen LogP contribution < -0.4 is 25.3 Å². The Morgan fingerprint density at radius 1 is 1.21 bits per heavy atom. The van der Waals surface area contributed by atoms with Crippen LogP contribution in [0.2, 0.25) is 0 Å². The number of rotatable bonds is 7. The molecule has 7 nitrogen and oxygen atoms in total. The fourth-order valence-electron chi connectivity index (χ4n) is 2.67. The molecule has 1 aliphatic rings. The average Bonchev–Trinajstić information content (AvgIpc) is 3.07. The van der Waals surface area contributed by atoms with E-state index >= 15 is 0 Å². The molecule has 1 aliphatic heterocycles. The van der Waals surface area contributed by atoms with Crippen molar-refractivity contribution in [1.82, 2.24) is 5.32 Å². The van der Waals surface area contributed by atoms with E-state index in [1.165, 1.54) is 0 Å². The molecule has 0 radical (unpaired) electrons. The van der Waals surface area contributed by atoms with Crippen molar-refractivity contribution < 1.29 is 23.7 Å². The molecule has 2 rings (SSSR count). The van der Waals surface area contributed by atoms with Gasteiger partial charge in [-0.05, 0) is 25.0 Å². The molecule has 0 saturated carbocycles. The highest BCUT2D eigenvalue weighted by atomic mass is 35.5. The Balaban J connectivity index is 0.00000288. The summed E-state index contributed by atoms with van der Waals surface area (Å²) in [4.78, 5) is 12.2. The van der Waals surface area contributed by atoms with E-state index in [2.05, 4.69) is 5.32 Å². The maximum atomic E-state index is 12.2. The summed E-state index contributed by atoms with van der Waals surface area (Å²) in [7, 11) is 4.65. The molecule has 1 amide bonds. The van der Waals surface area contributed by atoms with Gasteiger partial charge in [-0.25, -0.2) is 0 Å². The Labute approximate surface area is 148 Å². The molecule has 1 saturated heterocycles. The number of nitrogens with one attached hydrogen (secondary N) is 1. The van der Waals surface area contributed by atoms with Crippen LogP contribution in [0, 0.1) is 0 Å². The Morgan fingerprint density at radius 2 is 1.92 bits per heavy atom. The molecule has 2 atom stereocenters. The second-order valence-corrected chi connectivity index (χ2v) is 5.27. The Bertz CT molecular complexity index is 556. The number of ether oxygens (including phenoxy) is 4. The van der Waals surface area contributed by atoms with Crippen LogP contribution in [0.3, 0.4) is 0 Å². The lowest BCUT2D eigenvalue weighted by Gasteiger charge is -2.17. The summed E-state index contributed by atoms with van der Waals surface area (Å²) in [5.41, 5.74) is 6.36. The van der Waals surface area contributed by atoms with Crippen molar-refractivity contribution in [3.63, 3.8) is 0 Å². The second-order valence-electron chi connectivity index (χ2n) is 5.27. The van der Waals surface area contributed by atoms with Gasteiger partial charge in [0.05, 0.1) is 27.4 Å². The van der Waals surface area contributed by atoms with Gasteiger partial charge in [-0.1, -0.05) is 0 Å². The third kappa shape index (κ3) is 4.43. The maximum Gasteiger partial charge on any atom is 0.249 e. The summed E-state index contributed by atoms with van der Waals surface area (Å²) in [6.07, 6.45) is 1.04. The zero-order valence-electron chi connectivity index (χ0n) is 14.2. The third-order valence-corrected chi connectivity index (χ3v) is 3.90. The van der Waals surface area contributed by atoms with Crippen molar-refractivity contribution in [3.8, 4) is 17.2 Å². The van der Waals surface area contributed by atoms with Crippen LogP contribution in [0.15, 0.2) is 12.1 Å². The van der Waals surface area contributed by atoms with Gasteiger partial charge in [-0.15, -0.1) is 12.4 Å². The van der Waals surface area contributed by atoms with E-state index in [0.29, 0.717) is 36.8 Å². The van der Waals surface area contributed by atoms with Crippen LogP contribution in [0.4, 0.5) is 0 Å². The van der Waals surface area contributed by atoms with Crippen molar-refractivity contribution in [1.29, 1.82) is 0 Å². The van der Waals surface area contributed by atoms with E-state index in [9.17, 15) is 4.79 Å². The van der Waals surface area contributed by atoms with Crippen LogP contribution in [-0.2, 0) is 16.1 Å². The molecule has 1 heterocycles. The maximum absolute atomic E-state index is 12.2. The minimum Gasteiger partial charge on any atom is -0.493 e. The van der Waals surface area contributed by atoms with Crippen molar-refractivity contribution in [2.75, 3.05) is 27.9 Å². The standard InChI is InChI=1S/C16H24N2O5.ClH/c1-20-12-6-4-10(14(21-2)15(12)22-3)9-18-16(19)13-7-5-11(8-17)23-13;/h4,6,11,13H,5,7-9,17H2,1-3H3,(H,18,19);1H/t11-,13+;/m1./s1. The van der Waals surface area contributed by atoms with E-state index in [1.54, 1.807) is 27.4 Å². The third-order valence-electron chi connectivity index (χ3n) is 3.90. The first-order valence-corrected chi connectivity index (χ1v) is 7.55. The molecule has 0 aliphatic carbocycles. The van der Waals surface area contributed by atoms with Gasteiger partial charge in [-0.3, -0.25) is 4.79 Å². The monoisotopic (exact) mass is 360 g/mol. The Kier molecular flexibility index (Phi) is 8.10. The summed E-state index contributed by atoms with van der Waals surface area (Å²) in [6.45, 7) is 0.753.